The Bertz CT molecular complexity index is 1020. The Hall–Kier alpha value is -2.02. The van der Waals surface area contributed by atoms with Crippen LogP contribution in [0.5, 0.6) is 0 Å². The Morgan fingerprint density at radius 2 is 1.95 bits per heavy atom. The summed E-state index contributed by atoms with van der Waals surface area (Å²) in [6.07, 6.45) is 4.86. The van der Waals surface area contributed by atoms with E-state index in [1.54, 1.807) is 0 Å². The third-order valence-corrected chi connectivity index (χ3v) is 5.57. The highest BCUT2D eigenvalue weighted by molar-refractivity contribution is 7.19. The minimum atomic E-state index is 0.759. The van der Waals surface area contributed by atoms with E-state index in [0.29, 0.717) is 0 Å². The summed E-state index contributed by atoms with van der Waals surface area (Å²) in [5, 5.41) is 14.3. The molecule has 4 aromatic rings. The molecule has 0 atom stereocenters. The topological polar surface area (TPSA) is 60.4 Å². The molecule has 0 spiro atoms. The number of fused-ring (bicyclic) bond motifs is 8. The first-order valence-corrected chi connectivity index (χ1v) is 8.07. The molecule has 1 aliphatic rings. The summed E-state index contributed by atoms with van der Waals surface area (Å²) >= 11 is 1.87. The van der Waals surface area contributed by atoms with E-state index in [-0.39, 0.29) is 0 Å². The van der Waals surface area contributed by atoms with Gasteiger partial charge < -0.3 is 0 Å². The first kappa shape index (κ1) is 11.6. The lowest BCUT2D eigenvalue weighted by molar-refractivity contribution is 0.700. The molecule has 1 aliphatic carbocycles. The molecule has 0 fully saturated rings. The Labute approximate surface area is 124 Å². The number of aryl methyl sites for hydroxylation is 4. The molecule has 21 heavy (non-hydrogen) atoms. The molecule has 0 radical (unpaired) electrons. The zero-order valence-corrected chi connectivity index (χ0v) is 12.7. The van der Waals surface area contributed by atoms with Gasteiger partial charge in [-0.25, -0.2) is 4.98 Å². The Morgan fingerprint density at radius 3 is 2.86 bits per heavy atom. The van der Waals surface area contributed by atoms with Gasteiger partial charge >= 0.3 is 0 Å². The molecular weight excluding hydrogens is 284 g/mol. The maximum atomic E-state index is 4.66. The van der Waals surface area contributed by atoms with Crippen LogP contribution in [0.25, 0.3) is 21.6 Å². The number of nitrogens with zero attached hydrogens (tertiary/aromatic N) is 6. The average molecular weight is 298 g/mol. The van der Waals surface area contributed by atoms with Crippen LogP contribution in [-0.2, 0) is 12.8 Å². The van der Waals surface area contributed by atoms with Gasteiger partial charge in [-0.05, 0) is 45.1 Å². The van der Waals surface area contributed by atoms with Crippen molar-refractivity contribution in [2.24, 2.45) is 0 Å². The molecule has 7 heteroatoms. The van der Waals surface area contributed by atoms with Gasteiger partial charge in [-0.15, -0.1) is 26.6 Å². The molecule has 4 aromatic heterocycles. The second kappa shape index (κ2) is 3.79. The minimum absolute atomic E-state index is 0.759. The van der Waals surface area contributed by atoms with Crippen LogP contribution < -0.4 is 0 Å². The fourth-order valence-electron chi connectivity index (χ4n) is 3.38. The van der Waals surface area contributed by atoms with Gasteiger partial charge in [-0.3, -0.25) is 4.40 Å². The maximum absolute atomic E-state index is 4.66. The van der Waals surface area contributed by atoms with E-state index in [1.807, 2.05) is 29.7 Å². The largest absolute Gasteiger partial charge is 0.259 e. The monoisotopic (exact) mass is 298 g/mol. The molecular formula is C14H14N6S. The van der Waals surface area contributed by atoms with Crippen molar-refractivity contribution in [1.82, 2.24) is 29.2 Å². The first-order chi connectivity index (χ1) is 10.2. The van der Waals surface area contributed by atoms with Crippen molar-refractivity contribution in [1.29, 1.82) is 0 Å². The molecule has 0 aromatic carbocycles. The molecule has 0 unspecified atom stereocenters. The molecule has 0 aliphatic heterocycles. The molecule has 0 saturated carbocycles. The molecule has 6 nitrogen and oxygen atoms in total. The summed E-state index contributed by atoms with van der Waals surface area (Å²) in [5.74, 6) is 2.44. The van der Waals surface area contributed by atoms with Crippen LogP contribution in [0, 0.1) is 13.8 Å². The molecule has 0 saturated heterocycles. The van der Waals surface area contributed by atoms with E-state index < -0.39 is 0 Å². The molecule has 0 bridgehead atoms. The molecule has 4 heterocycles. The summed E-state index contributed by atoms with van der Waals surface area (Å²) in [7, 11) is 0. The normalized spacial score (nSPS) is 15.3. The summed E-state index contributed by atoms with van der Waals surface area (Å²) in [6, 6.07) is 0. The lowest BCUT2D eigenvalue weighted by Gasteiger charge is -2.10. The van der Waals surface area contributed by atoms with Crippen LogP contribution in [0.4, 0.5) is 0 Å². The first-order valence-electron chi connectivity index (χ1n) is 7.25. The van der Waals surface area contributed by atoms with Crippen molar-refractivity contribution < 1.29 is 0 Å². The highest BCUT2D eigenvalue weighted by Gasteiger charge is 2.23. The van der Waals surface area contributed by atoms with E-state index >= 15 is 0 Å². The number of aromatic nitrogens is 6. The Morgan fingerprint density at radius 1 is 1.10 bits per heavy atom. The van der Waals surface area contributed by atoms with Crippen LogP contribution in [-0.4, -0.2) is 29.2 Å². The summed E-state index contributed by atoms with van der Waals surface area (Å²) in [6.45, 7) is 3.92. The zero-order chi connectivity index (χ0) is 14.1. The lowest BCUT2D eigenvalue weighted by Crippen LogP contribution is -2.01. The predicted octanol–water partition coefficient (Wildman–Crippen LogP) is 2.48. The van der Waals surface area contributed by atoms with Crippen molar-refractivity contribution in [2.45, 2.75) is 39.5 Å². The van der Waals surface area contributed by atoms with Crippen molar-refractivity contribution in [2.75, 3.05) is 0 Å². The maximum Gasteiger partial charge on any atom is 0.259 e. The van der Waals surface area contributed by atoms with Gasteiger partial charge in [-0.2, -0.15) is 4.52 Å². The highest BCUT2D eigenvalue weighted by Crippen LogP contribution is 2.38. The SMILES string of the molecule is Cc1nc2c3c4c(sc3n3c(C)nnc3n2n1)CCCC4. The van der Waals surface area contributed by atoms with E-state index in [2.05, 4.69) is 24.7 Å². The molecule has 5 rings (SSSR count). The van der Waals surface area contributed by atoms with Crippen molar-refractivity contribution in [3.8, 4) is 0 Å². The zero-order valence-electron chi connectivity index (χ0n) is 11.9. The fraction of sp³-hybridized carbons (Fsp3) is 0.429. The third kappa shape index (κ3) is 1.37. The van der Waals surface area contributed by atoms with E-state index in [4.69, 9.17) is 0 Å². The van der Waals surface area contributed by atoms with Crippen molar-refractivity contribution in [3.63, 3.8) is 0 Å². The van der Waals surface area contributed by atoms with Gasteiger partial charge in [0.05, 0.1) is 5.39 Å². The van der Waals surface area contributed by atoms with E-state index in [0.717, 1.165) is 29.5 Å². The number of hydrogen-bond donors (Lipinski definition) is 0. The molecule has 0 N–H and O–H groups in total. The predicted molar refractivity (Wildman–Crippen MR) is 81.0 cm³/mol. The minimum Gasteiger partial charge on any atom is -0.253 e. The fourth-order valence-corrected chi connectivity index (χ4v) is 4.81. The van der Waals surface area contributed by atoms with Crippen LogP contribution in [0.3, 0.4) is 0 Å². The standard InChI is InChI=1S/C14H14N6S/c1-7-15-12-11-9-5-3-4-6-10(9)21-13(11)19-8(2)16-17-14(19)20(12)18-7/h3-6H2,1-2H3. The van der Waals surface area contributed by atoms with Crippen LogP contribution in [0.1, 0.15) is 34.9 Å². The van der Waals surface area contributed by atoms with Gasteiger partial charge in [-0.1, -0.05) is 0 Å². The number of hydrogen-bond acceptors (Lipinski definition) is 5. The third-order valence-electron chi connectivity index (χ3n) is 4.29. The quantitative estimate of drug-likeness (QED) is 0.500. The lowest BCUT2D eigenvalue weighted by atomic mass is 9.97. The van der Waals surface area contributed by atoms with E-state index in [9.17, 15) is 0 Å². The van der Waals surface area contributed by atoms with Gasteiger partial charge in [0.25, 0.3) is 5.78 Å². The summed E-state index contributed by atoms with van der Waals surface area (Å²) < 4.78 is 3.97. The van der Waals surface area contributed by atoms with Crippen molar-refractivity contribution in [3.05, 3.63) is 22.1 Å². The number of thiophene rings is 1. The summed E-state index contributed by atoms with van der Waals surface area (Å²) in [5.41, 5.74) is 2.40. The molecule has 0 amide bonds. The van der Waals surface area contributed by atoms with Crippen molar-refractivity contribution >= 4 is 33.0 Å². The second-order valence-corrected chi connectivity index (χ2v) is 6.75. The number of rotatable bonds is 0. The summed E-state index contributed by atoms with van der Waals surface area (Å²) in [4.78, 5) is 7.38. The Kier molecular flexibility index (Phi) is 2.10. The average Bonchev–Trinajstić information content (AvgIpc) is 3.12. The Balaban J connectivity index is 2.13. The second-order valence-electron chi connectivity index (χ2n) is 5.67. The van der Waals surface area contributed by atoms with E-state index in [1.165, 1.54) is 39.9 Å². The van der Waals surface area contributed by atoms with Crippen LogP contribution >= 0.6 is 11.3 Å². The smallest absolute Gasteiger partial charge is 0.253 e. The van der Waals surface area contributed by atoms with Gasteiger partial charge in [0.2, 0.25) is 0 Å². The van der Waals surface area contributed by atoms with Gasteiger partial charge in [0, 0.05) is 4.88 Å². The van der Waals surface area contributed by atoms with Gasteiger partial charge in [0.15, 0.2) is 5.65 Å². The van der Waals surface area contributed by atoms with Crippen LogP contribution in [0.2, 0.25) is 0 Å². The van der Waals surface area contributed by atoms with Gasteiger partial charge in [0.1, 0.15) is 16.5 Å². The van der Waals surface area contributed by atoms with Crippen LogP contribution in [0.15, 0.2) is 0 Å². The highest BCUT2D eigenvalue weighted by atomic mass is 32.1. The molecule has 106 valence electrons.